The minimum absolute atomic E-state index is 0.174. The highest BCUT2D eigenvalue weighted by molar-refractivity contribution is 7.91. The lowest BCUT2D eigenvalue weighted by Gasteiger charge is -2.27. The molecule has 11 heteroatoms. The number of nitrogens with zero attached hydrogens (tertiary/aromatic N) is 2. The van der Waals surface area contributed by atoms with E-state index in [1.165, 1.54) is 27.9 Å². The van der Waals surface area contributed by atoms with Crippen molar-refractivity contribution in [1.29, 1.82) is 0 Å². The van der Waals surface area contributed by atoms with Gasteiger partial charge >= 0.3 is 6.01 Å². The first-order valence-electron chi connectivity index (χ1n) is 11.9. The first-order chi connectivity index (χ1) is 17.6. The number of methoxy groups -OCH3 is 1. The van der Waals surface area contributed by atoms with E-state index in [0.29, 0.717) is 45.6 Å². The second kappa shape index (κ2) is 11.5. The van der Waals surface area contributed by atoms with Crippen molar-refractivity contribution in [3.63, 3.8) is 0 Å². The molecule has 0 spiro atoms. The van der Waals surface area contributed by atoms with Gasteiger partial charge in [-0.15, -0.1) is 0 Å². The summed E-state index contributed by atoms with van der Waals surface area (Å²) in [6, 6.07) is 14.6. The van der Waals surface area contributed by atoms with Crippen LogP contribution in [0.3, 0.4) is 0 Å². The van der Waals surface area contributed by atoms with Gasteiger partial charge in [0.1, 0.15) is 5.82 Å². The average Bonchev–Trinajstić information content (AvgIpc) is 2.84. The first kappa shape index (κ1) is 29.7. The maximum absolute atomic E-state index is 13.0. The summed E-state index contributed by atoms with van der Waals surface area (Å²) >= 11 is 12.3. The molecule has 0 fully saturated rings. The highest BCUT2D eigenvalue weighted by Gasteiger charge is 2.37. The lowest BCUT2D eigenvalue weighted by atomic mass is 9.83. The van der Waals surface area contributed by atoms with Gasteiger partial charge in [0.25, 0.3) is 0 Å². The SMILES string of the molecule is COc1nc(NCCc2ccc(Cl)cc2Cl)cc(-c2cccc(C(C)(C)C(=O)NS(=O)(=O)C(C)(C)C)c2)n1. The summed E-state index contributed by atoms with van der Waals surface area (Å²) in [6.07, 6.45) is 0.647. The summed E-state index contributed by atoms with van der Waals surface area (Å²) in [5.74, 6) is -0.0660. The number of amides is 1. The lowest BCUT2D eigenvalue weighted by molar-refractivity contribution is -0.123. The predicted molar refractivity (Wildman–Crippen MR) is 153 cm³/mol. The second-order valence-corrected chi connectivity index (χ2v) is 13.6. The predicted octanol–water partition coefficient (Wildman–Crippen LogP) is 5.64. The van der Waals surface area contributed by atoms with Crippen LogP contribution < -0.4 is 14.8 Å². The topological polar surface area (TPSA) is 110 Å². The smallest absolute Gasteiger partial charge is 0.318 e. The second-order valence-electron chi connectivity index (χ2n) is 10.3. The number of carbonyl (C=O) groups is 1. The molecule has 3 aromatic rings. The standard InChI is InChI=1S/C27H32Cl2N4O4S/c1-26(2,3)38(35,36)33-24(34)27(4,5)19-9-7-8-18(14-19)22-16-23(32-25(31-22)37-6)30-13-12-17-10-11-20(28)15-21(17)29/h7-11,14-16H,12-13H2,1-6H3,(H,33,34)(H,30,31,32). The zero-order chi connectivity index (χ0) is 28.3. The zero-order valence-corrected chi connectivity index (χ0v) is 24.6. The quantitative estimate of drug-likeness (QED) is 0.338. The molecule has 0 bridgehead atoms. The third-order valence-corrected chi connectivity index (χ3v) is 8.74. The fourth-order valence-corrected chi connectivity index (χ4v) is 4.71. The molecule has 0 saturated carbocycles. The summed E-state index contributed by atoms with van der Waals surface area (Å²) in [5, 5.41) is 4.44. The van der Waals surface area contributed by atoms with E-state index in [1.54, 1.807) is 44.2 Å². The Kier molecular flexibility index (Phi) is 8.96. The van der Waals surface area contributed by atoms with Gasteiger partial charge < -0.3 is 10.1 Å². The molecule has 3 rings (SSSR count). The highest BCUT2D eigenvalue weighted by Crippen LogP contribution is 2.30. The molecule has 0 unspecified atom stereocenters. The van der Waals surface area contributed by atoms with Crippen molar-refractivity contribution in [2.75, 3.05) is 19.0 Å². The molecule has 1 amide bonds. The molecule has 0 aliphatic carbocycles. The van der Waals surface area contributed by atoms with Crippen LogP contribution in [0.1, 0.15) is 45.7 Å². The molecule has 0 saturated heterocycles. The van der Waals surface area contributed by atoms with Gasteiger partial charge in [0.15, 0.2) is 0 Å². The molecule has 1 aromatic heterocycles. The molecule has 0 radical (unpaired) electrons. The molecule has 8 nitrogen and oxygen atoms in total. The van der Waals surface area contributed by atoms with E-state index < -0.39 is 26.1 Å². The average molecular weight is 580 g/mol. The molecule has 38 heavy (non-hydrogen) atoms. The minimum atomic E-state index is -3.86. The summed E-state index contributed by atoms with van der Waals surface area (Å²) < 4.78 is 31.5. The van der Waals surface area contributed by atoms with Crippen molar-refractivity contribution in [2.45, 2.75) is 51.2 Å². The van der Waals surface area contributed by atoms with Crippen molar-refractivity contribution >= 4 is 45.0 Å². The number of anilines is 1. The Morgan fingerprint density at radius 2 is 1.71 bits per heavy atom. The molecular weight excluding hydrogens is 547 g/mol. The minimum Gasteiger partial charge on any atom is -0.467 e. The van der Waals surface area contributed by atoms with Crippen LogP contribution >= 0.6 is 23.2 Å². The van der Waals surface area contributed by atoms with Crippen molar-refractivity contribution in [2.24, 2.45) is 0 Å². The maximum Gasteiger partial charge on any atom is 0.318 e. The van der Waals surface area contributed by atoms with Crippen molar-refractivity contribution in [3.05, 3.63) is 69.7 Å². The monoisotopic (exact) mass is 578 g/mol. The highest BCUT2D eigenvalue weighted by atomic mass is 35.5. The van der Waals surface area contributed by atoms with Crippen LogP contribution in [0.4, 0.5) is 5.82 Å². The molecule has 2 aromatic carbocycles. The summed E-state index contributed by atoms with van der Waals surface area (Å²) in [6.45, 7) is 8.51. The molecule has 0 aliphatic heterocycles. The normalized spacial score (nSPS) is 12.2. The van der Waals surface area contributed by atoms with Gasteiger partial charge in [-0.1, -0.05) is 47.5 Å². The molecule has 1 heterocycles. The summed E-state index contributed by atoms with van der Waals surface area (Å²) in [5.41, 5.74) is 1.73. The van der Waals surface area contributed by atoms with Crippen LogP contribution in [0, 0.1) is 0 Å². The Morgan fingerprint density at radius 1 is 1.00 bits per heavy atom. The number of halogens is 2. The van der Waals surface area contributed by atoms with Gasteiger partial charge in [-0.25, -0.2) is 8.42 Å². The fourth-order valence-electron chi connectivity index (χ4n) is 3.41. The van der Waals surface area contributed by atoms with E-state index in [-0.39, 0.29) is 6.01 Å². The Morgan fingerprint density at radius 3 is 2.34 bits per heavy atom. The Bertz CT molecular complexity index is 1440. The van der Waals surface area contributed by atoms with E-state index in [4.69, 9.17) is 27.9 Å². The fraction of sp³-hybridized carbons (Fsp3) is 0.370. The van der Waals surface area contributed by atoms with Gasteiger partial charge in [0, 0.05) is 28.2 Å². The zero-order valence-electron chi connectivity index (χ0n) is 22.2. The number of aromatic nitrogens is 2. The number of hydrogen-bond acceptors (Lipinski definition) is 7. The van der Waals surface area contributed by atoms with E-state index in [0.717, 1.165) is 5.56 Å². The third kappa shape index (κ3) is 6.95. The molecule has 2 N–H and O–H groups in total. The van der Waals surface area contributed by atoms with Crippen LogP contribution in [0.15, 0.2) is 48.5 Å². The van der Waals surface area contributed by atoms with Gasteiger partial charge in [0.05, 0.1) is 23.0 Å². The van der Waals surface area contributed by atoms with Crippen molar-refractivity contribution < 1.29 is 17.9 Å². The Hall–Kier alpha value is -2.88. The molecular formula is C27H32Cl2N4O4S. The number of nitrogens with one attached hydrogen (secondary N) is 2. The maximum atomic E-state index is 13.0. The number of rotatable bonds is 9. The largest absolute Gasteiger partial charge is 0.467 e. The molecule has 204 valence electrons. The van der Waals surface area contributed by atoms with Crippen molar-refractivity contribution in [3.8, 4) is 17.3 Å². The van der Waals surface area contributed by atoms with Crippen LogP contribution in [0.2, 0.25) is 10.0 Å². The van der Waals surface area contributed by atoms with Crippen LogP contribution in [-0.2, 0) is 26.7 Å². The van der Waals surface area contributed by atoms with Crippen LogP contribution in [0.5, 0.6) is 6.01 Å². The van der Waals surface area contributed by atoms with E-state index >= 15 is 0 Å². The van der Waals surface area contributed by atoms with E-state index in [2.05, 4.69) is 20.0 Å². The number of hydrogen-bond donors (Lipinski definition) is 2. The summed E-state index contributed by atoms with van der Waals surface area (Å²) in [4.78, 5) is 21.9. The molecule has 0 atom stereocenters. The number of carbonyl (C=O) groups excluding carboxylic acids is 1. The van der Waals surface area contributed by atoms with Crippen LogP contribution in [-0.4, -0.2) is 42.7 Å². The van der Waals surface area contributed by atoms with Gasteiger partial charge in [-0.05, 0) is 70.4 Å². The lowest BCUT2D eigenvalue weighted by Crippen LogP contribution is -2.48. The van der Waals surface area contributed by atoms with Gasteiger partial charge in [-0.3, -0.25) is 9.52 Å². The van der Waals surface area contributed by atoms with Gasteiger partial charge in [-0.2, -0.15) is 9.97 Å². The number of benzene rings is 2. The number of ether oxygens (including phenoxy) is 1. The third-order valence-electron chi connectivity index (χ3n) is 6.08. The van der Waals surface area contributed by atoms with Crippen molar-refractivity contribution in [1.82, 2.24) is 14.7 Å². The molecule has 0 aliphatic rings. The first-order valence-corrected chi connectivity index (χ1v) is 14.2. The Labute approximate surface area is 234 Å². The number of sulfonamides is 1. The van der Waals surface area contributed by atoms with E-state index in [1.807, 2.05) is 18.2 Å². The Balaban J connectivity index is 1.84. The summed E-state index contributed by atoms with van der Waals surface area (Å²) in [7, 11) is -2.38. The van der Waals surface area contributed by atoms with Crippen LogP contribution in [0.25, 0.3) is 11.3 Å². The van der Waals surface area contributed by atoms with Gasteiger partial charge in [0.2, 0.25) is 15.9 Å². The van der Waals surface area contributed by atoms with E-state index in [9.17, 15) is 13.2 Å².